The summed E-state index contributed by atoms with van der Waals surface area (Å²) in [6.45, 7) is 0.151. The van der Waals surface area contributed by atoms with Crippen LogP contribution in [0.2, 0.25) is 0 Å². The Balaban J connectivity index is 2.44. The number of carbonyl (C=O) groups excluding carboxylic acids is 1. The van der Waals surface area contributed by atoms with Gasteiger partial charge in [-0.1, -0.05) is 30.3 Å². The van der Waals surface area contributed by atoms with Gasteiger partial charge in [0.2, 0.25) is 0 Å². The van der Waals surface area contributed by atoms with Gasteiger partial charge >= 0.3 is 6.09 Å². The van der Waals surface area contributed by atoms with E-state index in [1.807, 2.05) is 30.3 Å². The van der Waals surface area contributed by atoms with Gasteiger partial charge in [0.05, 0.1) is 0 Å². The van der Waals surface area contributed by atoms with Crippen molar-refractivity contribution in [3.05, 3.63) is 35.9 Å². The second-order valence-electron chi connectivity index (χ2n) is 2.22. The van der Waals surface area contributed by atoms with Crippen molar-refractivity contribution in [2.45, 2.75) is 6.61 Å². The molecule has 0 N–H and O–H groups in total. The first-order valence-corrected chi connectivity index (χ1v) is 4.33. The third-order valence-corrected chi connectivity index (χ3v) is 1.57. The second-order valence-corrected chi connectivity index (χ2v) is 2.59. The quantitative estimate of drug-likeness (QED) is 0.536. The zero-order chi connectivity index (χ0) is 9.52. The number of hydrogen-bond acceptors (Lipinski definition) is 4. The summed E-state index contributed by atoms with van der Waals surface area (Å²) in [4.78, 5) is 10.6. The van der Waals surface area contributed by atoms with E-state index >= 15 is 0 Å². The van der Waals surface area contributed by atoms with Crippen molar-refractivity contribution in [3.8, 4) is 0 Å². The topological polar surface area (TPSA) is 55.7 Å². The molecule has 0 aliphatic heterocycles. The van der Waals surface area contributed by atoms with Crippen LogP contribution >= 0.6 is 0 Å². The highest BCUT2D eigenvalue weighted by Crippen LogP contribution is 2.00. The first-order chi connectivity index (χ1) is 6.33. The van der Waals surface area contributed by atoms with E-state index in [1.165, 1.54) is 0 Å². The van der Waals surface area contributed by atoms with Crippen molar-refractivity contribution in [1.82, 2.24) is 0 Å². The zero-order valence-corrected chi connectivity index (χ0v) is 7.61. The first kappa shape index (κ1) is 9.73. The van der Waals surface area contributed by atoms with Gasteiger partial charge in [-0.05, 0) is 5.56 Å². The standard InChI is InChI=1S/C8H8NO3S/c10-8(9-13-11)12-6-7-4-2-1-3-5-7/h1-5,13H,6H2/q-1. The molecule has 13 heavy (non-hydrogen) atoms. The summed E-state index contributed by atoms with van der Waals surface area (Å²) in [5.74, 6) is 0. The zero-order valence-electron chi connectivity index (χ0n) is 6.71. The lowest BCUT2D eigenvalue weighted by Crippen LogP contribution is -1.97. The van der Waals surface area contributed by atoms with Crippen molar-refractivity contribution in [1.29, 1.82) is 0 Å². The van der Waals surface area contributed by atoms with Gasteiger partial charge in [0.15, 0.2) is 0 Å². The molecule has 0 aliphatic carbocycles. The Hall–Kier alpha value is -1.36. The Labute approximate surface area is 78.8 Å². The summed E-state index contributed by atoms with van der Waals surface area (Å²) in [6.07, 6.45) is -0.819. The maximum Gasteiger partial charge on any atom is 0.410 e. The third kappa shape index (κ3) is 3.71. The number of rotatable bonds is 2. The summed E-state index contributed by atoms with van der Waals surface area (Å²) in [5.41, 5.74) is 0.869. The Morgan fingerprint density at radius 1 is 1.38 bits per heavy atom. The minimum Gasteiger partial charge on any atom is -0.447 e. The summed E-state index contributed by atoms with van der Waals surface area (Å²) in [6, 6.07) is 9.19. The molecule has 4 nitrogen and oxygen atoms in total. The number of thiol groups is 1. The van der Waals surface area contributed by atoms with Gasteiger partial charge in [0, 0.05) is 0 Å². The van der Waals surface area contributed by atoms with E-state index in [4.69, 9.17) is 0 Å². The van der Waals surface area contributed by atoms with Gasteiger partial charge < -0.3 is 8.95 Å². The highest BCUT2D eigenvalue weighted by atomic mass is 32.1. The van der Waals surface area contributed by atoms with E-state index in [-0.39, 0.29) is 6.61 Å². The van der Waals surface area contributed by atoms with Crippen LogP contribution in [0, 0.1) is 0 Å². The van der Waals surface area contributed by atoms with Crippen molar-refractivity contribution in [2.24, 2.45) is 4.36 Å². The Bertz CT molecular complexity index is 333. The SMILES string of the molecule is O=[SH-]=NC(=O)OCc1ccccc1. The Morgan fingerprint density at radius 2 is 2.08 bits per heavy atom. The van der Waals surface area contributed by atoms with Gasteiger partial charge in [-0.3, -0.25) is 4.36 Å². The molecule has 0 bridgehead atoms. The van der Waals surface area contributed by atoms with Gasteiger partial charge in [0.1, 0.15) is 6.61 Å². The van der Waals surface area contributed by atoms with Crippen LogP contribution in [0.4, 0.5) is 4.79 Å². The molecule has 0 aromatic heterocycles. The lowest BCUT2D eigenvalue weighted by atomic mass is 10.2. The molecule has 1 amide bonds. The molecule has 0 fully saturated rings. The minimum atomic E-state index is -0.819. The van der Waals surface area contributed by atoms with Crippen molar-refractivity contribution < 1.29 is 13.7 Å². The summed E-state index contributed by atoms with van der Waals surface area (Å²) in [7, 11) is 0. The molecular weight excluding hydrogens is 190 g/mol. The monoisotopic (exact) mass is 198 g/mol. The van der Waals surface area contributed by atoms with Crippen LogP contribution in [0.1, 0.15) is 5.56 Å². The van der Waals surface area contributed by atoms with Crippen molar-refractivity contribution in [3.63, 3.8) is 0 Å². The fraction of sp³-hybridized carbons (Fsp3) is 0.125. The molecule has 1 rings (SSSR count). The minimum absolute atomic E-state index is 0.151. The molecule has 0 radical (unpaired) electrons. The van der Waals surface area contributed by atoms with Crippen molar-refractivity contribution >= 4 is 17.6 Å². The number of hydrogen-bond donors (Lipinski definition) is 0. The molecule has 0 saturated carbocycles. The third-order valence-electron chi connectivity index (χ3n) is 1.33. The molecule has 1 aromatic carbocycles. The summed E-state index contributed by atoms with van der Waals surface area (Å²) in [5, 5.41) is 0. The number of nitrogens with zero attached hydrogens (tertiary/aromatic N) is 1. The van der Waals surface area contributed by atoms with Crippen LogP contribution in [0.3, 0.4) is 0 Å². The average Bonchev–Trinajstić information content (AvgIpc) is 2.17. The predicted octanol–water partition coefficient (Wildman–Crippen LogP) is 1.67. The van der Waals surface area contributed by atoms with Gasteiger partial charge in [0.25, 0.3) is 0 Å². The molecule has 0 atom stereocenters. The lowest BCUT2D eigenvalue weighted by Gasteiger charge is -2.00. The van der Waals surface area contributed by atoms with Crippen LogP contribution in [0.5, 0.6) is 0 Å². The molecule has 0 unspecified atom stereocenters. The average molecular weight is 198 g/mol. The van der Waals surface area contributed by atoms with E-state index in [9.17, 15) is 9.00 Å². The second kappa shape index (κ2) is 5.31. The van der Waals surface area contributed by atoms with Crippen molar-refractivity contribution in [2.75, 3.05) is 0 Å². The molecule has 70 valence electrons. The number of benzene rings is 1. The lowest BCUT2D eigenvalue weighted by molar-refractivity contribution is 0.151. The molecular formula is C8H8NO3S-. The van der Waals surface area contributed by atoms with E-state index in [0.29, 0.717) is 0 Å². The molecule has 0 spiro atoms. The smallest absolute Gasteiger partial charge is 0.410 e. The number of amides is 1. The van der Waals surface area contributed by atoms with Crippen LogP contribution in [-0.4, -0.2) is 6.09 Å². The highest BCUT2D eigenvalue weighted by Gasteiger charge is 1.95. The molecule has 0 aliphatic rings. The summed E-state index contributed by atoms with van der Waals surface area (Å²) < 4.78 is 17.5. The fourth-order valence-electron chi connectivity index (χ4n) is 0.782. The summed E-state index contributed by atoms with van der Waals surface area (Å²) >= 11 is -0.574. The van der Waals surface area contributed by atoms with Crippen LogP contribution in [0.25, 0.3) is 0 Å². The fourth-order valence-corrected chi connectivity index (χ4v) is 0.906. The predicted molar refractivity (Wildman–Crippen MR) is 48.5 cm³/mol. The van der Waals surface area contributed by atoms with E-state index in [0.717, 1.165) is 5.56 Å². The molecule has 5 heteroatoms. The maximum absolute atomic E-state index is 10.6. The van der Waals surface area contributed by atoms with E-state index in [2.05, 4.69) is 9.10 Å². The van der Waals surface area contributed by atoms with E-state index < -0.39 is 17.6 Å². The van der Waals surface area contributed by atoms with Crippen LogP contribution in [-0.2, 0) is 27.0 Å². The molecule has 1 aromatic rings. The first-order valence-electron chi connectivity index (χ1n) is 3.57. The van der Waals surface area contributed by atoms with Crippen LogP contribution < -0.4 is 0 Å². The number of carbonyl (C=O) groups is 1. The maximum atomic E-state index is 10.6. The van der Waals surface area contributed by atoms with E-state index in [1.54, 1.807) is 0 Å². The van der Waals surface area contributed by atoms with Gasteiger partial charge in [-0.25, -0.2) is 4.79 Å². The van der Waals surface area contributed by atoms with Gasteiger partial charge in [-0.15, -0.1) is 0 Å². The molecule has 0 heterocycles. The Morgan fingerprint density at radius 3 is 2.69 bits per heavy atom. The van der Waals surface area contributed by atoms with Gasteiger partial charge in [-0.2, -0.15) is 11.5 Å². The highest BCUT2D eigenvalue weighted by molar-refractivity contribution is 7.54. The largest absolute Gasteiger partial charge is 0.447 e. The Kier molecular flexibility index (Phi) is 3.98. The normalized spacial score (nSPS) is 9.23. The molecule has 0 saturated heterocycles. The van der Waals surface area contributed by atoms with Crippen LogP contribution in [0.15, 0.2) is 34.7 Å². The number of ether oxygens (including phenoxy) is 1.